The monoisotopic (exact) mass is 597 g/mol. The van der Waals surface area contributed by atoms with Crippen molar-refractivity contribution in [2.24, 2.45) is 11.7 Å². The molecular formula is C35H43N5O4. The summed E-state index contributed by atoms with van der Waals surface area (Å²) in [6, 6.07) is 25.8. The fourth-order valence-corrected chi connectivity index (χ4v) is 6.03. The number of rotatable bonds is 10. The van der Waals surface area contributed by atoms with E-state index in [2.05, 4.69) is 27.2 Å². The van der Waals surface area contributed by atoms with E-state index in [1.165, 1.54) is 5.56 Å². The second kappa shape index (κ2) is 15.0. The van der Waals surface area contributed by atoms with Crippen LogP contribution in [0.2, 0.25) is 0 Å². The molecule has 3 N–H and O–H groups in total. The number of para-hydroxylation sites is 1. The van der Waals surface area contributed by atoms with Crippen LogP contribution in [0.15, 0.2) is 78.9 Å². The SMILES string of the molecule is CN(C(=O)CCN1CCC(OC(=O)Nc2ccccc2-c2ccccc2)CC1)c1ccc(CN2CCC(C(N)=O)CC2)cc1. The number of carbonyl (C=O) groups is 3. The lowest BCUT2D eigenvalue weighted by Crippen LogP contribution is -2.40. The van der Waals surface area contributed by atoms with Crippen LogP contribution in [0.25, 0.3) is 11.1 Å². The maximum absolute atomic E-state index is 13.0. The third-order valence-electron chi connectivity index (χ3n) is 8.79. The fourth-order valence-electron chi connectivity index (χ4n) is 6.03. The van der Waals surface area contributed by atoms with Gasteiger partial charge in [0.25, 0.3) is 0 Å². The van der Waals surface area contributed by atoms with E-state index in [1.807, 2.05) is 73.8 Å². The van der Waals surface area contributed by atoms with Gasteiger partial charge in [-0.2, -0.15) is 0 Å². The van der Waals surface area contributed by atoms with Crippen molar-refractivity contribution in [2.75, 3.05) is 50.0 Å². The summed E-state index contributed by atoms with van der Waals surface area (Å²) in [5.41, 5.74) is 10.2. The molecule has 2 aliphatic heterocycles. The molecule has 0 atom stereocenters. The number of hydrogen-bond acceptors (Lipinski definition) is 6. The minimum atomic E-state index is -0.442. The molecule has 2 heterocycles. The van der Waals surface area contributed by atoms with E-state index >= 15 is 0 Å². The van der Waals surface area contributed by atoms with Crippen molar-refractivity contribution in [1.82, 2.24) is 9.80 Å². The zero-order chi connectivity index (χ0) is 30.9. The molecule has 232 valence electrons. The van der Waals surface area contributed by atoms with E-state index in [1.54, 1.807) is 4.90 Å². The van der Waals surface area contributed by atoms with Gasteiger partial charge in [-0.3, -0.25) is 19.8 Å². The van der Waals surface area contributed by atoms with Gasteiger partial charge in [-0.05, 0) is 68.1 Å². The van der Waals surface area contributed by atoms with Crippen molar-refractivity contribution in [2.45, 2.75) is 44.8 Å². The van der Waals surface area contributed by atoms with E-state index in [0.29, 0.717) is 13.0 Å². The van der Waals surface area contributed by atoms with Gasteiger partial charge in [0.1, 0.15) is 6.10 Å². The Bertz CT molecular complexity index is 1400. The number of hydrogen-bond donors (Lipinski definition) is 2. The Morgan fingerprint density at radius 3 is 2.16 bits per heavy atom. The topological polar surface area (TPSA) is 108 Å². The maximum Gasteiger partial charge on any atom is 0.411 e. The van der Waals surface area contributed by atoms with Crippen LogP contribution in [-0.2, 0) is 20.9 Å². The Morgan fingerprint density at radius 2 is 1.48 bits per heavy atom. The summed E-state index contributed by atoms with van der Waals surface area (Å²) < 4.78 is 5.75. The number of likely N-dealkylation sites (tertiary alicyclic amines) is 2. The van der Waals surface area contributed by atoms with Crippen molar-refractivity contribution < 1.29 is 19.1 Å². The lowest BCUT2D eigenvalue weighted by atomic mass is 9.96. The molecule has 3 aromatic rings. The largest absolute Gasteiger partial charge is 0.446 e. The van der Waals surface area contributed by atoms with E-state index in [-0.39, 0.29) is 23.8 Å². The molecule has 0 radical (unpaired) electrons. The number of benzene rings is 3. The standard InChI is InChI=1S/C35H43N5O4/c1-38(29-13-11-26(12-14-29)25-40-20-15-28(16-21-40)34(36)42)33(41)19-24-39-22-17-30(18-23-39)44-35(43)37-32-10-6-5-9-31(32)27-7-3-2-4-8-27/h2-14,28,30H,15-25H2,1H3,(H2,36,42)(H,37,43). The molecule has 2 saturated heterocycles. The summed E-state index contributed by atoms with van der Waals surface area (Å²) in [7, 11) is 1.82. The van der Waals surface area contributed by atoms with Gasteiger partial charge in [0.15, 0.2) is 0 Å². The van der Waals surface area contributed by atoms with Crippen LogP contribution in [-0.4, -0.2) is 73.6 Å². The first-order valence-electron chi connectivity index (χ1n) is 15.6. The van der Waals surface area contributed by atoms with Crippen molar-refractivity contribution in [3.63, 3.8) is 0 Å². The van der Waals surface area contributed by atoms with Gasteiger partial charge in [0, 0.05) is 56.8 Å². The van der Waals surface area contributed by atoms with Gasteiger partial charge < -0.3 is 20.3 Å². The third-order valence-corrected chi connectivity index (χ3v) is 8.79. The lowest BCUT2D eigenvalue weighted by Gasteiger charge is -2.32. The number of ether oxygens (including phenoxy) is 1. The summed E-state index contributed by atoms with van der Waals surface area (Å²) in [6.07, 6.45) is 2.93. The van der Waals surface area contributed by atoms with Crippen LogP contribution >= 0.6 is 0 Å². The Morgan fingerprint density at radius 1 is 0.841 bits per heavy atom. The number of piperidine rings is 2. The van der Waals surface area contributed by atoms with Gasteiger partial charge in [-0.15, -0.1) is 0 Å². The molecule has 0 bridgehead atoms. The van der Waals surface area contributed by atoms with Crippen LogP contribution in [0, 0.1) is 5.92 Å². The summed E-state index contributed by atoms with van der Waals surface area (Å²) >= 11 is 0. The van der Waals surface area contributed by atoms with Gasteiger partial charge >= 0.3 is 6.09 Å². The van der Waals surface area contributed by atoms with E-state index in [4.69, 9.17) is 10.5 Å². The molecular weight excluding hydrogens is 554 g/mol. The second-order valence-electron chi connectivity index (χ2n) is 11.8. The van der Waals surface area contributed by atoms with Crippen molar-refractivity contribution in [3.05, 3.63) is 84.4 Å². The molecule has 9 nitrogen and oxygen atoms in total. The summed E-state index contributed by atoms with van der Waals surface area (Å²) in [4.78, 5) is 43.4. The zero-order valence-corrected chi connectivity index (χ0v) is 25.5. The molecule has 2 fully saturated rings. The second-order valence-corrected chi connectivity index (χ2v) is 11.8. The summed E-state index contributed by atoms with van der Waals surface area (Å²) in [5, 5.41) is 2.92. The molecule has 0 unspecified atom stereocenters. The molecule has 5 rings (SSSR count). The number of nitrogens with two attached hydrogens (primary N) is 1. The first-order chi connectivity index (χ1) is 21.4. The van der Waals surface area contributed by atoms with E-state index in [0.717, 1.165) is 80.9 Å². The first-order valence-corrected chi connectivity index (χ1v) is 15.6. The van der Waals surface area contributed by atoms with Crippen LogP contribution < -0.4 is 16.0 Å². The summed E-state index contributed by atoms with van der Waals surface area (Å²) in [5.74, 6) is -0.128. The van der Waals surface area contributed by atoms with Crippen molar-refractivity contribution >= 4 is 29.3 Å². The van der Waals surface area contributed by atoms with Crippen molar-refractivity contribution in [1.29, 1.82) is 0 Å². The van der Waals surface area contributed by atoms with Gasteiger partial charge in [-0.1, -0.05) is 60.7 Å². The highest BCUT2D eigenvalue weighted by molar-refractivity contribution is 5.93. The summed E-state index contributed by atoms with van der Waals surface area (Å²) in [6.45, 7) is 4.79. The van der Waals surface area contributed by atoms with Crippen LogP contribution in [0.5, 0.6) is 0 Å². The maximum atomic E-state index is 13.0. The number of primary amides is 1. The molecule has 9 heteroatoms. The Hall–Kier alpha value is -4.21. The van der Waals surface area contributed by atoms with E-state index in [9.17, 15) is 14.4 Å². The smallest absolute Gasteiger partial charge is 0.411 e. The van der Waals surface area contributed by atoms with Gasteiger partial charge in [0.05, 0.1) is 5.69 Å². The van der Waals surface area contributed by atoms with Gasteiger partial charge in [-0.25, -0.2) is 4.79 Å². The number of nitrogens with zero attached hydrogens (tertiary/aromatic N) is 3. The van der Waals surface area contributed by atoms with Crippen molar-refractivity contribution in [3.8, 4) is 11.1 Å². The average molecular weight is 598 g/mol. The first kappa shape index (κ1) is 31.2. The Balaban J connectivity index is 1.01. The highest BCUT2D eigenvalue weighted by Gasteiger charge is 2.25. The minimum Gasteiger partial charge on any atom is -0.446 e. The highest BCUT2D eigenvalue weighted by Crippen LogP contribution is 2.28. The predicted octanol–water partition coefficient (Wildman–Crippen LogP) is 5.12. The van der Waals surface area contributed by atoms with E-state index < -0.39 is 6.09 Å². The molecule has 0 aliphatic carbocycles. The molecule has 0 aromatic heterocycles. The third kappa shape index (κ3) is 8.45. The van der Waals surface area contributed by atoms with Crippen LogP contribution in [0.3, 0.4) is 0 Å². The highest BCUT2D eigenvalue weighted by atomic mass is 16.6. The molecule has 44 heavy (non-hydrogen) atoms. The fraction of sp³-hybridized carbons (Fsp3) is 0.400. The number of nitrogens with one attached hydrogen (secondary N) is 1. The van der Waals surface area contributed by atoms with Crippen LogP contribution in [0.4, 0.5) is 16.2 Å². The zero-order valence-electron chi connectivity index (χ0n) is 25.5. The number of amides is 3. The molecule has 0 spiro atoms. The number of carbonyl (C=O) groups excluding carboxylic acids is 3. The Kier molecular flexibility index (Phi) is 10.6. The molecule has 2 aliphatic rings. The molecule has 0 saturated carbocycles. The van der Waals surface area contributed by atoms with Crippen LogP contribution in [0.1, 0.15) is 37.7 Å². The molecule has 3 amide bonds. The average Bonchev–Trinajstić information content (AvgIpc) is 3.05. The lowest BCUT2D eigenvalue weighted by molar-refractivity contribution is -0.123. The number of anilines is 2. The quantitative estimate of drug-likeness (QED) is 0.336. The molecule has 3 aromatic carbocycles. The minimum absolute atomic E-state index is 0.00592. The van der Waals surface area contributed by atoms with Gasteiger partial charge in [0.2, 0.25) is 11.8 Å². The Labute approximate surface area is 260 Å². The predicted molar refractivity (Wildman–Crippen MR) is 173 cm³/mol. The normalized spacial score (nSPS) is 16.8.